The Hall–Kier alpha value is -2.76. The number of aromatic amines is 2. The zero-order chi connectivity index (χ0) is 15.8. The molecule has 4 rings (SSSR count). The van der Waals surface area contributed by atoms with Crippen molar-refractivity contribution in [2.24, 2.45) is 0 Å². The summed E-state index contributed by atoms with van der Waals surface area (Å²) in [5.74, 6) is 0.511. The van der Waals surface area contributed by atoms with E-state index in [9.17, 15) is 0 Å². The van der Waals surface area contributed by atoms with Gasteiger partial charge in [0.05, 0.1) is 11.7 Å². The molecule has 0 aliphatic rings. The van der Waals surface area contributed by atoms with Gasteiger partial charge in [0.1, 0.15) is 11.0 Å². The fraction of sp³-hybridized carbons (Fsp3) is 0.294. The van der Waals surface area contributed by atoms with E-state index < -0.39 is 0 Å². The first kappa shape index (κ1) is 13.9. The molecule has 4 aromatic rings. The molecule has 0 unspecified atom stereocenters. The highest BCUT2D eigenvalue weighted by Gasteiger charge is 2.12. The average molecular weight is 307 g/mol. The zero-order valence-corrected chi connectivity index (χ0v) is 13.2. The summed E-state index contributed by atoms with van der Waals surface area (Å²) in [6.45, 7) is 5.17. The standard InChI is InChI=1S/C17H18N6/c1-11(2)13-3-4-14-16(8-13)22-23(21-14)6-5-12-7-15-17(18-9-12)10-19-20-15/h3-4,7-11H,5-6H2,1-2H3,(H,18,19,20)/p+1. The van der Waals surface area contributed by atoms with Crippen molar-refractivity contribution in [2.45, 2.75) is 32.7 Å². The number of aryl methyl sites for hydroxylation is 2. The van der Waals surface area contributed by atoms with Crippen LogP contribution < -0.4 is 4.80 Å². The van der Waals surface area contributed by atoms with Crippen LogP contribution in [0.2, 0.25) is 0 Å². The van der Waals surface area contributed by atoms with Crippen LogP contribution in [-0.2, 0) is 13.0 Å². The van der Waals surface area contributed by atoms with E-state index in [0.717, 1.165) is 40.6 Å². The van der Waals surface area contributed by atoms with E-state index in [0.29, 0.717) is 5.92 Å². The van der Waals surface area contributed by atoms with Crippen molar-refractivity contribution in [1.82, 2.24) is 25.4 Å². The van der Waals surface area contributed by atoms with Crippen LogP contribution in [0.3, 0.4) is 0 Å². The minimum absolute atomic E-state index is 0.511. The van der Waals surface area contributed by atoms with Gasteiger partial charge in [-0.2, -0.15) is 5.10 Å². The molecule has 3 heterocycles. The Balaban J connectivity index is 1.55. The van der Waals surface area contributed by atoms with Gasteiger partial charge in [-0.15, -0.1) is 5.10 Å². The third kappa shape index (κ3) is 2.67. The van der Waals surface area contributed by atoms with Gasteiger partial charge >= 0.3 is 0 Å². The molecule has 0 saturated carbocycles. The Bertz CT molecular complexity index is 965. The molecule has 6 nitrogen and oxygen atoms in total. The molecule has 0 saturated heterocycles. The largest absolute Gasteiger partial charge is 0.276 e. The fourth-order valence-corrected chi connectivity index (χ4v) is 2.73. The number of pyridine rings is 1. The molecule has 1 aromatic carbocycles. The summed E-state index contributed by atoms with van der Waals surface area (Å²) in [6, 6.07) is 8.51. The van der Waals surface area contributed by atoms with Gasteiger partial charge in [-0.3, -0.25) is 10.1 Å². The summed E-state index contributed by atoms with van der Waals surface area (Å²) in [5, 5.41) is 14.9. The highest BCUT2D eigenvalue weighted by Crippen LogP contribution is 2.18. The lowest BCUT2D eigenvalue weighted by atomic mass is 10.0. The van der Waals surface area contributed by atoms with Gasteiger partial charge in [0.15, 0.2) is 5.52 Å². The van der Waals surface area contributed by atoms with E-state index >= 15 is 0 Å². The van der Waals surface area contributed by atoms with Gasteiger partial charge in [-0.25, -0.2) is 0 Å². The van der Waals surface area contributed by atoms with Crippen molar-refractivity contribution in [3.05, 3.63) is 47.8 Å². The molecule has 23 heavy (non-hydrogen) atoms. The lowest BCUT2D eigenvalue weighted by Gasteiger charge is -2.02. The molecule has 2 N–H and O–H groups in total. The number of hydrogen-bond donors (Lipinski definition) is 2. The molecule has 0 atom stereocenters. The van der Waals surface area contributed by atoms with Gasteiger partial charge < -0.3 is 0 Å². The molecular weight excluding hydrogens is 288 g/mol. The number of nitrogens with zero attached hydrogens (tertiary/aromatic N) is 4. The topological polar surface area (TPSA) is 74.1 Å². The van der Waals surface area contributed by atoms with Crippen LogP contribution in [0.5, 0.6) is 0 Å². The number of rotatable bonds is 4. The average Bonchev–Trinajstić information content (AvgIpc) is 3.17. The maximum absolute atomic E-state index is 4.64. The molecule has 0 radical (unpaired) electrons. The van der Waals surface area contributed by atoms with Gasteiger partial charge in [0.25, 0.3) is 0 Å². The van der Waals surface area contributed by atoms with Gasteiger partial charge in [-0.1, -0.05) is 19.9 Å². The second-order valence-electron chi connectivity index (χ2n) is 6.16. The van der Waals surface area contributed by atoms with Crippen LogP contribution >= 0.6 is 0 Å². The fourth-order valence-electron chi connectivity index (χ4n) is 2.73. The van der Waals surface area contributed by atoms with Crippen LogP contribution in [-0.4, -0.2) is 25.4 Å². The van der Waals surface area contributed by atoms with Gasteiger partial charge in [-0.05, 0) is 40.0 Å². The Morgan fingerprint density at radius 3 is 2.87 bits per heavy atom. The van der Waals surface area contributed by atoms with E-state index in [2.05, 4.69) is 63.5 Å². The van der Waals surface area contributed by atoms with Crippen molar-refractivity contribution in [2.75, 3.05) is 0 Å². The molecule has 0 aliphatic carbocycles. The molecule has 0 aliphatic heterocycles. The van der Waals surface area contributed by atoms with E-state index in [1.807, 2.05) is 11.0 Å². The van der Waals surface area contributed by atoms with Crippen LogP contribution in [0.4, 0.5) is 0 Å². The van der Waals surface area contributed by atoms with Gasteiger partial charge in [0.2, 0.25) is 6.54 Å². The van der Waals surface area contributed by atoms with Crippen LogP contribution in [0.1, 0.15) is 30.9 Å². The van der Waals surface area contributed by atoms with Crippen molar-refractivity contribution in [3.63, 3.8) is 0 Å². The number of fused-ring (bicyclic) bond motifs is 2. The minimum atomic E-state index is 0.511. The maximum atomic E-state index is 4.64. The van der Waals surface area contributed by atoms with Crippen molar-refractivity contribution >= 4 is 22.1 Å². The molecule has 116 valence electrons. The maximum Gasteiger partial charge on any atom is 0.204 e. The lowest BCUT2D eigenvalue weighted by molar-refractivity contribution is -0.799. The Labute approximate surface area is 133 Å². The number of hydrogen-bond acceptors (Lipinski definition) is 3. The Kier molecular flexibility index (Phi) is 3.29. The highest BCUT2D eigenvalue weighted by molar-refractivity contribution is 5.74. The molecule has 3 aromatic heterocycles. The number of aromatic nitrogens is 6. The van der Waals surface area contributed by atoms with Gasteiger partial charge in [0, 0.05) is 17.7 Å². The number of benzene rings is 1. The molecule has 6 heteroatoms. The summed E-state index contributed by atoms with van der Waals surface area (Å²) in [5.41, 5.74) is 6.42. The first-order valence-electron chi connectivity index (χ1n) is 7.87. The summed E-state index contributed by atoms with van der Waals surface area (Å²) >= 11 is 0. The summed E-state index contributed by atoms with van der Waals surface area (Å²) in [4.78, 5) is 6.29. The predicted octanol–water partition coefficient (Wildman–Crippen LogP) is 2.49. The summed E-state index contributed by atoms with van der Waals surface area (Å²) < 4.78 is 0. The van der Waals surface area contributed by atoms with Crippen LogP contribution in [0.25, 0.3) is 22.1 Å². The smallest absolute Gasteiger partial charge is 0.204 e. The van der Waals surface area contributed by atoms with E-state index in [1.54, 1.807) is 6.20 Å². The lowest BCUT2D eigenvalue weighted by Crippen LogP contribution is -2.39. The third-order valence-electron chi connectivity index (χ3n) is 4.13. The predicted molar refractivity (Wildman–Crippen MR) is 88.0 cm³/mol. The van der Waals surface area contributed by atoms with Crippen molar-refractivity contribution in [1.29, 1.82) is 0 Å². The Morgan fingerprint density at radius 2 is 2.00 bits per heavy atom. The molecule has 0 amide bonds. The summed E-state index contributed by atoms with van der Waals surface area (Å²) in [7, 11) is 0. The first-order valence-corrected chi connectivity index (χ1v) is 7.87. The molecule has 0 spiro atoms. The SMILES string of the molecule is CC(C)c1ccc2[nH][n+](CCc3cnc4cn[nH]c4c3)nc2c1. The van der Waals surface area contributed by atoms with E-state index in [-0.39, 0.29) is 0 Å². The Morgan fingerprint density at radius 1 is 1.09 bits per heavy atom. The zero-order valence-electron chi connectivity index (χ0n) is 13.2. The van der Waals surface area contributed by atoms with Crippen molar-refractivity contribution < 1.29 is 4.80 Å². The monoisotopic (exact) mass is 307 g/mol. The summed E-state index contributed by atoms with van der Waals surface area (Å²) in [6.07, 6.45) is 4.50. The first-order chi connectivity index (χ1) is 11.2. The number of nitrogens with one attached hydrogen (secondary N) is 2. The third-order valence-corrected chi connectivity index (χ3v) is 4.13. The normalized spacial score (nSPS) is 11.8. The molecular formula is C17H19N6+. The second kappa shape index (κ2) is 5.46. The van der Waals surface area contributed by atoms with E-state index in [1.165, 1.54) is 5.56 Å². The quantitative estimate of drug-likeness (QED) is 0.569. The van der Waals surface area contributed by atoms with Crippen molar-refractivity contribution in [3.8, 4) is 0 Å². The highest BCUT2D eigenvalue weighted by atomic mass is 15.5. The minimum Gasteiger partial charge on any atom is -0.276 e. The second-order valence-corrected chi connectivity index (χ2v) is 6.16. The van der Waals surface area contributed by atoms with Crippen LogP contribution in [0.15, 0.2) is 36.7 Å². The number of H-pyrrole nitrogens is 2. The molecule has 0 bridgehead atoms. The van der Waals surface area contributed by atoms with E-state index in [4.69, 9.17) is 0 Å². The molecule has 0 fully saturated rings. The van der Waals surface area contributed by atoms with Crippen LogP contribution in [0, 0.1) is 0 Å².